The SMILES string of the molecule is Cc1ccccc1-c1cccc(CN2CCC(C3(Cc4ccccc4F)NC(=O)NC3=O)CC2)c1. The van der Waals surface area contributed by atoms with Crippen molar-refractivity contribution in [1.29, 1.82) is 0 Å². The number of aryl methyl sites for hydroxylation is 1. The van der Waals surface area contributed by atoms with E-state index in [4.69, 9.17) is 0 Å². The van der Waals surface area contributed by atoms with E-state index in [-0.39, 0.29) is 24.1 Å². The molecule has 2 heterocycles. The van der Waals surface area contributed by atoms with E-state index in [1.807, 2.05) is 0 Å². The van der Waals surface area contributed by atoms with Crippen molar-refractivity contribution in [3.63, 3.8) is 0 Å². The zero-order valence-corrected chi connectivity index (χ0v) is 19.9. The van der Waals surface area contributed by atoms with Gasteiger partial charge in [0.1, 0.15) is 11.4 Å². The molecule has 3 aromatic carbocycles. The number of carbonyl (C=O) groups is 2. The first-order valence-electron chi connectivity index (χ1n) is 12.2. The predicted octanol–water partition coefficient (Wildman–Crippen LogP) is 4.83. The molecule has 180 valence electrons. The number of hydrogen-bond acceptors (Lipinski definition) is 3. The van der Waals surface area contributed by atoms with Crippen LogP contribution in [-0.2, 0) is 17.8 Å². The van der Waals surface area contributed by atoms with E-state index in [1.165, 1.54) is 28.3 Å². The van der Waals surface area contributed by atoms with E-state index in [9.17, 15) is 14.0 Å². The summed E-state index contributed by atoms with van der Waals surface area (Å²) < 4.78 is 14.4. The lowest BCUT2D eigenvalue weighted by molar-refractivity contribution is -0.126. The molecular weight excluding hydrogens is 441 g/mol. The number of likely N-dealkylation sites (tertiary alicyclic amines) is 1. The Morgan fingerprint density at radius 1 is 0.971 bits per heavy atom. The number of carbonyl (C=O) groups excluding carboxylic acids is 2. The van der Waals surface area contributed by atoms with Gasteiger partial charge >= 0.3 is 6.03 Å². The summed E-state index contributed by atoms with van der Waals surface area (Å²) >= 11 is 0. The Hall–Kier alpha value is -3.51. The number of rotatable bonds is 6. The molecule has 0 spiro atoms. The van der Waals surface area contributed by atoms with Crippen LogP contribution in [0.3, 0.4) is 0 Å². The van der Waals surface area contributed by atoms with E-state index in [0.717, 1.165) is 32.5 Å². The lowest BCUT2D eigenvalue weighted by Gasteiger charge is -2.40. The molecule has 0 saturated carbocycles. The second-order valence-corrected chi connectivity index (χ2v) is 9.71. The lowest BCUT2D eigenvalue weighted by Crippen LogP contribution is -2.57. The Labute approximate surface area is 205 Å². The summed E-state index contributed by atoms with van der Waals surface area (Å²) in [4.78, 5) is 27.5. The van der Waals surface area contributed by atoms with Crippen LogP contribution in [0.15, 0.2) is 72.8 Å². The van der Waals surface area contributed by atoms with Crippen molar-refractivity contribution in [2.45, 2.75) is 38.3 Å². The van der Waals surface area contributed by atoms with Crippen LogP contribution in [-0.4, -0.2) is 35.5 Å². The molecule has 3 amide bonds. The Morgan fingerprint density at radius 2 is 1.71 bits per heavy atom. The van der Waals surface area contributed by atoms with E-state index < -0.39 is 11.6 Å². The number of halogens is 1. The van der Waals surface area contributed by atoms with Crippen LogP contribution in [0.2, 0.25) is 0 Å². The summed E-state index contributed by atoms with van der Waals surface area (Å²) in [5.74, 6) is -0.773. The average Bonchev–Trinajstić information content (AvgIpc) is 3.15. The minimum atomic E-state index is -1.11. The Morgan fingerprint density at radius 3 is 2.43 bits per heavy atom. The van der Waals surface area contributed by atoms with Crippen molar-refractivity contribution in [2.24, 2.45) is 5.92 Å². The fraction of sp³-hybridized carbons (Fsp3) is 0.310. The van der Waals surface area contributed by atoms with Crippen LogP contribution < -0.4 is 10.6 Å². The molecule has 2 fully saturated rings. The molecule has 2 saturated heterocycles. The molecular formula is C29H30FN3O2. The molecule has 1 unspecified atom stereocenters. The molecule has 2 N–H and O–H groups in total. The van der Waals surface area contributed by atoms with Crippen LogP contribution in [0, 0.1) is 18.7 Å². The van der Waals surface area contributed by atoms with E-state index in [1.54, 1.807) is 18.2 Å². The van der Waals surface area contributed by atoms with Gasteiger partial charge in [-0.15, -0.1) is 0 Å². The maximum Gasteiger partial charge on any atom is 0.322 e. The third-order valence-electron chi connectivity index (χ3n) is 7.47. The normalized spacial score (nSPS) is 21.1. The molecule has 0 radical (unpaired) electrons. The van der Waals surface area contributed by atoms with Crippen LogP contribution in [0.4, 0.5) is 9.18 Å². The zero-order valence-electron chi connectivity index (χ0n) is 19.9. The highest BCUT2D eigenvalue weighted by Gasteiger charge is 2.52. The second-order valence-electron chi connectivity index (χ2n) is 9.71. The topological polar surface area (TPSA) is 61.4 Å². The van der Waals surface area contributed by atoms with Crippen molar-refractivity contribution in [3.8, 4) is 11.1 Å². The van der Waals surface area contributed by atoms with Gasteiger partial charge < -0.3 is 5.32 Å². The van der Waals surface area contributed by atoms with Crippen LogP contribution in [0.25, 0.3) is 11.1 Å². The van der Waals surface area contributed by atoms with Crippen LogP contribution in [0.5, 0.6) is 0 Å². The lowest BCUT2D eigenvalue weighted by atomic mass is 9.74. The summed E-state index contributed by atoms with van der Waals surface area (Å²) in [6, 6.07) is 23.0. The molecule has 3 aromatic rings. The molecule has 2 aliphatic heterocycles. The number of benzene rings is 3. The quantitative estimate of drug-likeness (QED) is 0.506. The number of nitrogens with one attached hydrogen (secondary N) is 2. The summed E-state index contributed by atoms with van der Waals surface area (Å²) in [5, 5.41) is 5.27. The summed E-state index contributed by atoms with van der Waals surface area (Å²) in [6.45, 7) is 4.57. The molecule has 2 aliphatic rings. The molecule has 5 rings (SSSR count). The van der Waals surface area contributed by atoms with Gasteiger partial charge in [0.25, 0.3) is 5.91 Å². The smallest absolute Gasteiger partial charge is 0.322 e. The summed E-state index contributed by atoms with van der Waals surface area (Å²) in [6.07, 6.45) is 1.65. The van der Waals surface area contributed by atoms with Gasteiger partial charge in [-0.05, 0) is 78.7 Å². The Bertz CT molecular complexity index is 1250. The minimum Gasteiger partial charge on any atom is -0.323 e. The third-order valence-corrected chi connectivity index (χ3v) is 7.47. The second kappa shape index (κ2) is 9.62. The van der Waals surface area contributed by atoms with E-state index in [0.29, 0.717) is 5.56 Å². The van der Waals surface area contributed by atoms with Gasteiger partial charge in [-0.25, -0.2) is 9.18 Å². The fourth-order valence-corrected chi connectivity index (χ4v) is 5.58. The highest BCUT2D eigenvalue weighted by molar-refractivity contribution is 6.07. The maximum absolute atomic E-state index is 14.4. The Balaban J connectivity index is 1.29. The highest BCUT2D eigenvalue weighted by Crippen LogP contribution is 2.35. The number of urea groups is 1. The fourth-order valence-electron chi connectivity index (χ4n) is 5.58. The van der Waals surface area contributed by atoms with Crippen LogP contribution >= 0.6 is 0 Å². The van der Waals surface area contributed by atoms with E-state index >= 15 is 0 Å². The predicted molar refractivity (Wildman–Crippen MR) is 134 cm³/mol. The monoisotopic (exact) mass is 471 g/mol. The molecule has 6 heteroatoms. The largest absolute Gasteiger partial charge is 0.323 e. The highest BCUT2D eigenvalue weighted by atomic mass is 19.1. The van der Waals surface area contributed by atoms with Gasteiger partial charge in [0.2, 0.25) is 0 Å². The van der Waals surface area contributed by atoms with Gasteiger partial charge in [-0.3, -0.25) is 15.0 Å². The first kappa shape index (κ1) is 23.2. The van der Waals surface area contributed by atoms with E-state index in [2.05, 4.69) is 71.0 Å². The maximum atomic E-state index is 14.4. The molecule has 5 nitrogen and oxygen atoms in total. The molecule has 0 aromatic heterocycles. The van der Waals surface area contributed by atoms with Gasteiger partial charge in [0, 0.05) is 13.0 Å². The van der Waals surface area contributed by atoms with Crippen molar-refractivity contribution >= 4 is 11.9 Å². The number of amides is 3. The van der Waals surface area contributed by atoms with Crippen molar-refractivity contribution in [3.05, 3.63) is 95.3 Å². The number of piperidine rings is 1. The third kappa shape index (κ3) is 4.71. The van der Waals surface area contributed by atoms with Crippen molar-refractivity contribution in [2.75, 3.05) is 13.1 Å². The number of hydrogen-bond donors (Lipinski definition) is 2. The van der Waals surface area contributed by atoms with Crippen molar-refractivity contribution in [1.82, 2.24) is 15.5 Å². The first-order chi connectivity index (χ1) is 16.9. The van der Waals surface area contributed by atoms with Gasteiger partial charge in [0.15, 0.2) is 0 Å². The molecule has 0 bridgehead atoms. The number of nitrogens with zero attached hydrogens (tertiary/aromatic N) is 1. The molecule has 35 heavy (non-hydrogen) atoms. The first-order valence-corrected chi connectivity index (χ1v) is 12.2. The average molecular weight is 472 g/mol. The van der Waals surface area contributed by atoms with Gasteiger partial charge in [-0.2, -0.15) is 0 Å². The summed E-state index contributed by atoms with van der Waals surface area (Å²) in [5.41, 5.74) is 4.28. The Kier molecular flexibility index (Phi) is 6.39. The van der Waals surface area contributed by atoms with Crippen LogP contribution in [0.1, 0.15) is 29.5 Å². The molecule has 0 aliphatic carbocycles. The number of imide groups is 1. The molecule has 1 atom stereocenters. The van der Waals surface area contributed by atoms with Gasteiger partial charge in [0.05, 0.1) is 0 Å². The summed E-state index contributed by atoms with van der Waals surface area (Å²) in [7, 11) is 0. The standard InChI is InChI=1S/C29H30FN3O2/c1-20-7-2-4-11-25(20)22-10-6-8-21(17-22)19-33-15-13-24(14-16-33)29(27(34)31-28(35)32-29)18-23-9-3-5-12-26(23)30/h2-12,17,24H,13-16,18-19H2,1H3,(H2,31,32,34,35). The minimum absolute atomic E-state index is 0.0666. The van der Waals surface area contributed by atoms with Crippen molar-refractivity contribution < 1.29 is 14.0 Å². The van der Waals surface area contributed by atoms with Gasteiger partial charge in [-0.1, -0.05) is 60.7 Å². The zero-order chi connectivity index (χ0) is 24.4.